The van der Waals surface area contributed by atoms with Gasteiger partial charge in [0.15, 0.2) is 0 Å². The van der Waals surface area contributed by atoms with Crippen molar-refractivity contribution < 1.29 is 0 Å². The van der Waals surface area contributed by atoms with Crippen LogP contribution in [0.1, 0.15) is 25.0 Å². The predicted molar refractivity (Wildman–Crippen MR) is 58.2 cm³/mol. The summed E-state index contributed by atoms with van der Waals surface area (Å²) < 4.78 is 0. The van der Waals surface area contributed by atoms with Crippen LogP contribution in [0.25, 0.3) is 0 Å². The van der Waals surface area contributed by atoms with E-state index in [0.717, 1.165) is 19.6 Å². The van der Waals surface area contributed by atoms with Gasteiger partial charge >= 0.3 is 0 Å². The van der Waals surface area contributed by atoms with Gasteiger partial charge in [0.25, 0.3) is 0 Å². The molecule has 2 nitrogen and oxygen atoms in total. The van der Waals surface area contributed by atoms with E-state index in [-0.39, 0.29) is 0 Å². The molecule has 0 unspecified atom stereocenters. The molecular formula is C11H15ClN2. The Morgan fingerprint density at radius 2 is 2.14 bits per heavy atom. The van der Waals surface area contributed by atoms with Crippen LogP contribution in [0.4, 0.5) is 0 Å². The third-order valence-electron chi connectivity index (χ3n) is 2.46. The molecule has 76 valence electrons. The Labute approximate surface area is 89.9 Å². The highest BCUT2D eigenvalue weighted by Gasteiger charge is 2.19. The van der Waals surface area contributed by atoms with Crippen LogP contribution in [-0.4, -0.2) is 16.4 Å². The van der Waals surface area contributed by atoms with Crippen molar-refractivity contribution in [3.63, 3.8) is 0 Å². The van der Waals surface area contributed by atoms with Crippen molar-refractivity contribution in [1.82, 2.24) is 9.88 Å². The van der Waals surface area contributed by atoms with Gasteiger partial charge in [-0.05, 0) is 23.1 Å². The Hall–Kier alpha value is -0.600. The van der Waals surface area contributed by atoms with Crippen molar-refractivity contribution in [1.29, 1.82) is 0 Å². The van der Waals surface area contributed by atoms with Crippen molar-refractivity contribution in [2.45, 2.75) is 26.9 Å². The fourth-order valence-electron chi connectivity index (χ4n) is 1.97. The maximum absolute atomic E-state index is 5.85. The highest BCUT2D eigenvalue weighted by Crippen LogP contribution is 2.24. The first kappa shape index (κ1) is 9.94. The molecule has 2 rings (SSSR count). The number of halogens is 1. The van der Waals surface area contributed by atoms with E-state index in [1.807, 2.05) is 12.3 Å². The summed E-state index contributed by atoms with van der Waals surface area (Å²) in [6.45, 7) is 7.68. The molecule has 0 amide bonds. The summed E-state index contributed by atoms with van der Waals surface area (Å²) in [6.07, 6.45) is 1.90. The number of aromatic nitrogens is 1. The summed E-state index contributed by atoms with van der Waals surface area (Å²) >= 11 is 5.85. The van der Waals surface area contributed by atoms with E-state index >= 15 is 0 Å². The van der Waals surface area contributed by atoms with Crippen LogP contribution in [0.15, 0.2) is 12.3 Å². The molecule has 14 heavy (non-hydrogen) atoms. The van der Waals surface area contributed by atoms with Crippen LogP contribution in [0, 0.1) is 5.92 Å². The van der Waals surface area contributed by atoms with Crippen LogP contribution < -0.4 is 0 Å². The van der Waals surface area contributed by atoms with Crippen molar-refractivity contribution in [3.05, 3.63) is 28.5 Å². The fraction of sp³-hybridized carbons (Fsp3) is 0.545. The van der Waals surface area contributed by atoms with Crippen molar-refractivity contribution in [3.8, 4) is 0 Å². The first-order valence-electron chi connectivity index (χ1n) is 5.01. The minimum absolute atomic E-state index is 0.607. The lowest BCUT2D eigenvalue weighted by Gasteiger charge is -2.16. The molecule has 0 spiro atoms. The molecule has 1 aliphatic heterocycles. The largest absolute Gasteiger partial charge is 0.294 e. The summed E-state index contributed by atoms with van der Waals surface area (Å²) in [7, 11) is 0. The molecule has 0 radical (unpaired) electrons. The lowest BCUT2D eigenvalue weighted by molar-refractivity contribution is 0.251. The molecule has 2 heterocycles. The first-order valence-corrected chi connectivity index (χ1v) is 5.38. The van der Waals surface area contributed by atoms with Gasteiger partial charge in [-0.15, -0.1) is 0 Å². The monoisotopic (exact) mass is 210 g/mol. The van der Waals surface area contributed by atoms with Gasteiger partial charge in [-0.25, -0.2) is 4.98 Å². The molecule has 1 aliphatic rings. The standard InChI is InChI=1S/C11H15ClN2/c1-8(2)5-14-6-9-3-11(12)13-4-10(9)7-14/h3-4,8H,5-7H2,1-2H3. The zero-order chi connectivity index (χ0) is 10.1. The number of hydrogen-bond acceptors (Lipinski definition) is 2. The van der Waals surface area contributed by atoms with Gasteiger partial charge in [-0.2, -0.15) is 0 Å². The van der Waals surface area contributed by atoms with Gasteiger partial charge < -0.3 is 0 Å². The summed E-state index contributed by atoms with van der Waals surface area (Å²) in [4.78, 5) is 6.54. The smallest absolute Gasteiger partial charge is 0.129 e. The summed E-state index contributed by atoms with van der Waals surface area (Å²) in [6, 6.07) is 1.98. The Balaban J connectivity index is 2.10. The fourth-order valence-corrected chi connectivity index (χ4v) is 2.15. The zero-order valence-corrected chi connectivity index (χ0v) is 9.38. The number of nitrogens with zero attached hydrogens (tertiary/aromatic N) is 2. The van der Waals surface area contributed by atoms with Gasteiger partial charge in [0.05, 0.1) is 0 Å². The van der Waals surface area contributed by atoms with E-state index in [2.05, 4.69) is 23.7 Å². The highest BCUT2D eigenvalue weighted by atomic mass is 35.5. The third kappa shape index (κ3) is 2.07. The number of pyridine rings is 1. The maximum Gasteiger partial charge on any atom is 0.129 e. The minimum Gasteiger partial charge on any atom is -0.294 e. The molecule has 0 saturated carbocycles. The van der Waals surface area contributed by atoms with E-state index in [9.17, 15) is 0 Å². The zero-order valence-electron chi connectivity index (χ0n) is 8.63. The lowest BCUT2D eigenvalue weighted by Crippen LogP contribution is -2.21. The Morgan fingerprint density at radius 3 is 2.86 bits per heavy atom. The number of hydrogen-bond donors (Lipinski definition) is 0. The molecule has 0 saturated heterocycles. The van der Waals surface area contributed by atoms with E-state index < -0.39 is 0 Å². The molecule has 0 aliphatic carbocycles. The van der Waals surface area contributed by atoms with Crippen LogP contribution in [0.5, 0.6) is 0 Å². The summed E-state index contributed by atoms with van der Waals surface area (Å²) in [5, 5.41) is 0.607. The minimum atomic E-state index is 0.607. The summed E-state index contributed by atoms with van der Waals surface area (Å²) in [5.74, 6) is 0.716. The van der Waals surface area contributed by atoms with E-state index in [4.69, 9.17) is 11.6 Å². The van der Waals surface area contributed by atoms with E-state index in [1.54, 1.807) is 0 Å². The highest BCUT2D eigenvalue weighted by molar-refractivity contribution is 6.29. The molecular weight excluding hydrogens is 196 g/mol. The van der Waals surface area contributed by atoms with Crippen LogP contribution >= 0.6 is 11.6 Å². The molecule has 0 atom stereocenters. The average molecular weight is 211 g/mol. The second kappa shape index (κ2) is 3.87. The van der Waals surface area contributed by atoms with E-state index in [0.29, 0.717) is 11.1 Å². The maximum atomic E-state index is 5.85. The Bertz CT molecular complexity index is 336. The van der Waals surface area contributed by atoms with Gasteiger partial charge in [-0.1, -0.05) is 25.4 Å². The van der Waals surface area contributed by atoms with E-state index in [1.165, 1.54) is 11.1 Å². The molecule has 0 N–H and O–H groups in total. The average Bonchev–Trinajstić information content (AvgIpc) is 2.44. The van der Waals surface area contributed by atoms with Gasteiger partial charge in [0.1, 0.15) is 5.15 Å². The molecule has 1 aromatic rings. The van der Waals surface area contributed by atoms with Crippen LogP contribution in [0.2, 0.25) is 5.15 Å². The lowest BCUT2D eigenvalue weighted by atomic mass is 10.2. The second-order valence-corrected chi connectivity index (χ2v) is 4.73. The van der Waals surface area contributed by atoms with Crippen molar-refractivity contribution in [2.75, 3.05) is 6.54 Å². The van der Waals surface area contributed by atoms with Crippen LogP contribution in [0.3, 0.4) is 0 Å². The van der Waals surface area contributed by atoms with Gasteiger partial charge in [-0.3, -0.25) is 4.90 Å². The number of rotatable bonds is 2. The molecule has 0 bridgehead atoms. The SMILES string of the molecule is CC(C)CN1Cc2cnc(Cl)cc2C1. The van der Waals surface area contributed by atoms with Crippen molar-refractivity contribution in [2.24, 2.45) is 5.92 Å². The Kier molecular flexibility index (Phi) is 2.75. The van der Waals surface area contributed by atoms with Gasteiger partial charge in [0, 0.05) is 25.8 Å². The second-order valence-electron chi connectivity index (χ2n) is 4.34. The van der Waals surface area contributed by atoms with Crippen molar-refractivity contribution >= 4 is 11.6 Å². The molecule has 0 aromatic carbocycles. The quantitative estimate of drug-likeness (QED) is 0.698. The van der Waals surface area contributed by atoms with Gasteiger partial charge in [0.2, 0.25) is 0 Å². The molecule has 0 fully saturated rings. The molecule has 1 aromatic heterocycles. The first-order chi connectivity index (χ1) is 6.65. The topological polar surface area (TPSA) is 16.1 Å². The number of fused-ring (bicyclic) bond motifs is 1. The van der Waals surface area contributed by atoms with Crippen LogP contribution in [-0.2, 0) is 13.1 Å². The summed E-state index contributed by atoms with van der Waals surface area (Å²) in [5.41, 5.74) is 2.67. The third-order valence-corrected chi connectivity index (χ3v) is 2.67. The normalized spacial score (nSPS) is 16.3. The molecule has 3 heteroatoms. The predicted octanol–water partition coefficient (Wildman–Crippen LogP) is 2.71. The Morgan fingerprint density at radius 1 is 1.43 bits per heavy atom.